The van der Waals surface area contributed by atoms with Crippen molar-refractivity contribution in [2.24, 2.45) is 0 Å². The number of aliphatic hydroxyl groups is 1. The largest absolute Gasteiger partial charge is 0.491 e. The van der Waals surface area contributed by atoms with Gasteiger partial charge in [0.2, 0.25) is 0 Å². The van der Waals surface area contributed by atoms with Crippen molar-refractivity contribution in [1.29, 1.82) is 0 Å². The number of benzene rings is 1. The number of piperidine rings is 1. The molecule has 110 valence electrons. The Hall–Kier alpha value is -1.66. The summed E-state index contributed by atoms with van der Waals surface area (Å²) in [5, 5.41) is 20.4. The Kier molecular flexibility index (Phi) is 5.31. The third-order valence-corrected chi connectivity index (χ3v) is 3.41. The summed E-state index contributed by atoms with van der Waals surface area (Å²) in [7, 11) is 0. The summed E-state index contributed by atoms with van der Waals surface area (Å²) in [6.07, 6.45) is 3.11. The molecule has 20 heavy (non-hydrogen) atoms. The lowest BCUT2D eigenvalue weighted by Crippen LogP contribution is -2.38. The van der Waals surface area contributed by atoms with Gasteiger partial charge in [-0.25, -0.2) is 0 Å². The molecule has 0 bridgehead atoms. The van der Waals surface area contributed by atoms with Crippen LogP contribution >= 0.6 is 0 Å². The SMILES string of the molecule is O=[N+]([O-])c1ccc(OCC(O)CN2CCCCC2)cc1. The summed E-state index contributed by atoms with van der Waals surface area (Å²) in [5.41, 5.74) is 0.0335. The van der Waals surface area contributed by atoms with Gasteiger partial charge in [0.25, 0.3) is 5.69 Å². The standard InChI is InChI=1S/C14H20N2O4/c17-13(10-15-8-2-1-3-9-15)11-20-14-6-4-12(5-7-14)16(18)19/h4-7,13,17H,1-3,8-11H2. The second-order valence-electron chi connectivity index (χ2n) is 5.08. The van der Waals surface area contributed by atoms with Crippen LogP contribution in [0.15, 0.2) is 24.3 Å². The first-order valence-corrected chi connectivity index (χ1v) is 6.93. The Morgan fingerprint density at radius 2 is 1.90 bits per heavy atom. The minimum absolute atomic E-state index is 0.0335. The Bertz CT molecular complexity index is 429. The molecular weight excluding hydrogens is 260 g/mol. The summed E-state index contributed by atoms with van der Waals surface area (Å²) in [6, 6.07) is 5.89. The molecule has 2 rings (SSSR count). The first kappa shape index (κ1) is 14.7. The molecule has 0 aliphatic carbocycles. The van der Waals surface area contributed by atoms with E-state index >= 15 is 0 Å². The van der Waals surface area contributed by atoms with Crippen molar-refractivity contribution >= 4 is 5.69 Å². The fourth-order valence-corrected chi connectivity index (χ4v) is 2.35. The van der Waals surface area contributed by atoms with Gasteiger partial charge in [-0.15, -0.1) is 0 Å². The number of β-amino-alcohol motifs (C(OH)–C–C–N with tert-alkyl or cyclic N) is 1. The van der Waals surface area contributed by atoms with Gasteiger partial charge in [-0.3, -0.25) is 10.1 Å². The summed E-state index contributed by atoms with van der Waals surface area (Å²) in [6.45, 7) is 2.89. The summed E-state index contributed by atoms with van der Waals surface area (Å²) < 4.78 is 5.44. The quantitative estimate of drug-likeness (QED) is 0.635. The van der Waals surface area contributed by atoms with Gasteiger partial charge in [0.1, 0.15) is 18.5 Å². The highest BCUT2D eigenvalue weighted by molar-refractivity contribution is 5.35. The lowest BCUT2D eigenvalue weighted by Gasteiger charge is -2.28. The van der Waals surface area contributed by atoms with Gasteiger partial charge in [0, 0.05) is 18.7 Å². The predicted octanol–water partition coefficient (Wildman–Crippen LogP) is 1.82. The minimum atomic E-state index is -0.539. The normalized spacial score (nSPS) is 17.6. The van der Waals surface area contributed by atoms with Crippen LogP contribution in [0.25, 0.3) is 0 Å². The summed E-state index contributed by atoms with van der Waals surface area (Å²) in [5.74, 6) is 0.535. The van der Waals surface area contributed by atoms with Crippen LogP contribution in [0.2, 0.25) is 0 Å². The number of likely N-dealkylation sites (tertiary alicyclic amines) is 1. The van der Waals surface area contributed by atoms with Gasteiger partial charge in [0.15, 0.2) is 0 Å². The van der Waals surface area contributed by atoms with Crippen LogP contribution in [0.3, 0.4) is 0 Å². The Morgan fingerprint density at radius 3 is 2.50 bits per heavy atom. The molecule has 0 spiro atoms. The van der Waals surface area contributed by atoms with Crippen LogP contribution in [0, 0.1) is 10.1 Å². The zero-order chi connectivity index (χ0) is 14.4. The van der Waals surface area contributed by atoms with E-state index in [1.54, 1.807) is 12.1 Å². The Labute approximate surface area is 118 Å². The van der Waals surface area contributed by atoms with E-state index in [-0.39, 0.29) is 12.3 Å². The van der Waals surface area contributed by atoms with Crippen LogP contribution in [0.4, 0.5) is 5.69 Å². The molecule has 1 aliphatic rings. The van der Waals surface area contributed by atoms with E-state index in [0.717, 1.165) is 13.1 Å². The molecular formula is C14H20N2O4. The third-order valence-electron chi connectivity index (χ3n) is 3.41. The molecule has 0 saturated carbocycles. The lowest BCUT2D eigenvalue weighted by molar-refractivity contribution is -0.384. The fourth-order valence-electron chi connectivity index (χ4n) is 2.35. The number of nitro benzene ring substituents is 1. The average molecular weight is 280 g/mol. The smallest absolute Gasteiger partial charge is 0.269 e. The van der Waals surface area contributed by atoms with Crippen LogP contribution in [0.1, 0.15) is 19.3 Å². The number of rotatable bonds is 6. The maximum absolute atomic E-state index is 10.5. The highest BCUT2D eigenvalue weighted by Crippen LogP contribution is 2.17. The second-order valence-corrected chi connectivity index (χ2v) is 5.08. The van der Waals surface area contributed by atoms with Gasteiger partial charge >= 0.3 is 0 Å². The van der Waals surface area contributed by atoms with Gasteiger partial charge in [-0.2, -0.15) is 0 Å². The molecule has 6 nitrogen and oxygen atoms in total. The van der Waals surface area contributed by atoms with Crippen molar-refractivity contribution < 1.29 is 14.8 Å². The zero-order valence-electron chi connectivity index (χ0n) is 11.4. The van der Waals surface area contributed by atoms with E-state index in [2.05, 4.69) is 4.90 Å². The van der Waals surface area contributed by atoms with Crippen molar-refractivity contribution in [1.82, 2.24) is 4.90 Å². The van der Waals surface area contributed by atoms with E-state index in [1.807, 2.05) is 0 Å². The van der Waals surface area contributed by atoms with Crippen molar-refractivity contribution in [3.05, 3.63) is 34.4 Å². The molecule has 1 N–H and O–H groups in total. The molecule has 1 fully saturated rings. The van der Waals surface area contributed by atoms with Gasteiger partial charge in [-0.1, -0.05) is 6.42 Å². The molecule has 0 radical (unpaired) electrons. The molecule has 0 aromatic heterocycles. The molecule has 1 saturated heterocycles. The summed E-state index contributed by atoms with van der Waals surface area (Å²) >= 11 is 0. The van der Waals surface area contributed by atoms with E-state index in [1.165, 1.54) is 31.4 Å². The van der Waals surface area contributed by atoms with E-state index in [9.17, 15) is 15.2 Å². The first-order chi connectivity index (χ1) is 9.65. The van der Waals surface area contributed by atoms with Crippen LogP contribution in [-0.4, -0.2) is 47.3 Å². The number of non-ortho nitro benzene ring substituents is 1. The van der Waals surface area contributed by atoms with Crippen LogP contribution in [0.5, 0.6) is 5.75 Å². The molecule has 1 aromatic rings. The number of hydrogen-bond donors (Lipinski definition) is 1. The van der Waals surface area contributed by atoms with Gasteiger partial charge in [0.05, 0.1) is 4.92 Å². The molecule has 6 heteroatoms. The van der Waals surface area contributed by atoms with Crippen molar-refractivity contribution in [2.45, 2.75) is 25.4 Å². The number of hydrogen-bond acceptors (Lipinski definition) is 5. The van der Waals surface area contributed by atoms with E-state index < -0.39 is 11.0 Å². The number of nitrogens with zero attached hydrogens (tertiary/aromatic N) is 2. The number of nitro groups is 1. The second kappa shape index (κ2) is 7.21. The molecule has 0 amide bonds. The molecule has 1 aliphatic heterocycles. The monoisotopic (exact) mass is 280 g/mol. The minimum Gasteiger partial charge on any atom is -0.491 e. The lowest BCUT2D eigenvalue weighted by atomic mass is 10.1. The third kappa shape index (κ3) is 4.47. The molecule has 1 heterocycles. The maximum Gasteiger partial charge on any atom is 0.269 e. The number of aliphatic hydroxyl groups excluding tert-OH is 1. The van der Waals surface area contributed by atoms with Gasteiger partial charge < -0.3 is 14.7 Å². The van der Waals surface area contributed by atoms with E-state index in [0.29, 0.717) is 12.3 Å². The van der Waals surface area contributed by atoms with Crippen LogP contribution < -0.4 is 4.74 Å². The highest BCUT2D eigenvalue weighted by Gasteiger charge is 2.15. The van der Waals surface area contributed by atoms with Gasteiger partial charge in [-0.05, 0) is 38.1 Å². The zero-order valence-corrected chi connectivity index (χ0v) is 11.4. The fraction of sp³-hybridized carbons (Fsp3) is 0.571. The van der Waals surface area contributed by atoms with Crippen molar-refractivity contribution in [2.75, 3.05) is 26.2 Å². The molecule has 1 aromatic carbocycles. The molecule has 1 atom stereocenters. The highest BCUT2D eigenvalue weighted by atomic mass is 16.6. The Morgan fingerprint density at radius 1 is 1.25 bits per heavy atom. The Balaban J connectivity index is 1.74. The maximum atomic E-state index is 10.5. The average Bonchev–Trinajstić information content (AvgIpc) is 2.46. The molecule has 1 unspecified atom stereocenters. The van der Waals surface area contributed by atoms with Crippen molar-refractivity contribution in [3.8, 4) is 5.75 Å². The van der Waals surface area contributed by atoms with E-state index in [4.69, 9.17) is 4.74 Å². The summed E-state index contributed by atoms with van der Waals surface area (Å²) in [4.78, 5) is 12.3. The van der Waals surface area contributed by atoms with Crippen molar-refractivity contribution in [3.63, 3.8) is 0 Å². The topological polar surface area (TPSA) is 75.8 Å². The first-order valence-electron chi connectivity index (χ1n) is 6.93. The van der Waals surface area contributed by atoms with Crippen LogP contribution in [-0.2, 0) is 0 Å². The predicted molar refractivity (Wildman–Crippen MR) is 74.9 cm³/mol. The number of ether oxygens (including phenoxy) is 1.